The third kappa shape index (κ3) is 3.70. The van der Waals surface area contributed by atoms with E-state index in [4.69, 9.17) is 24.7 Å². The number of ether oxygens (including phenoxy) is 4. The van der Waals surface area contributed by atoms with Crippen molar-refractivity contribution in [3.05, 3.63) is 30.5 Å². The lowest BCUT2D eigenvalue weighted by Gasteiger charge is -2.12. The number of aromatic nitrogens is 4. The van der Waals surface area contributed by atoms with Crippen LogP contribution in [0.5, 0.6) is 23.4 Å². The first kappa shape index (κ1) is 17.5. The highest BCUT2D eigenvalue weighted by Crippen LogP contribution is 2.33. The van der Waals surface area contributed by atoms with E-state index < -0.39 is 5.82 Å². The number of nitrogens with zero attached hydrogens (tertiary/aromatic N) is 4. The summed E-state index contributed by atoms with van der Waals surface area (Å²) in [6.45, 7) is 0.719. The Bertz CT molecular complexity index is 925. The molecular formula is C16H16FN5O4. The van der Waals surface area contributed by atoms with E-state index in [1.165, 1.54) is 19.6 Å². The Labute approximate surface area is 147 Å². The quantitative estimate of drug-likeness (QED) is 0.631. The van der Waals surface area contributed by atoms with Gasteiger partial charge in [-0.3, -0.25) is 0 Å². The van der Waals surface area contributed by atoms with Crippen LogP contribution >= 0.6 is 0 Å². The number of nitrogen functional groups attached to an aromatic ring is 1. The van der Waals surface area contributed by atoms with Crippen molar-refractivity contribution < 1.29 is 23.3 Å². The Morgan fingerprint density at radius 2 is 1.88 bits per heavy atom. The lowest BCUT2D eigenvalue weighted by Crippen LogP contribution is -2.06. The number of fused-ring (bicyclic) bond motifs is 1. The number of methoxy groups -OCH3 is 2. The average molecular weight is 361 g/mol. The van der Waals surface area contributed by atoms with Crippen LogP contribution in [0.15, 0.2) is 24.7 Å². The molecule has 0 spiro atoms. The summed E-state index contributed by atoms with van der Waals surface area (Å²) in [6, 6.07) is 2.72. The fourth-order valence-corrected chi connectivity index (χ4v) is 2.09. The van der Waals surface area contributed by atoms with Crippen LogP contribution in [-0.2, 0) is 4.74 Å². The number of hydrogen-bond acceptors (Lipinski definition) is 9. The molecule has 0 saturated heterocycles. The van der Waals surface area contributed by atoms with Gasteiger partial charge in [-0.2, -0.15) is 4.98 Å². The molecule has 3 aromatic rings. The fourth-order valence-electron chi connectivity index (χ4n) is 2.09. The van der Waals surface area contributed by atoms with E-state index in [2.05, 4.69) is 19.9 Å². The Morgan fingerprint density at radius 3 is 2.62 bits per heavy atom. The summed E-state index contributed by atoms with van der Waals surface area (Å²) < 4.78 is 35.1. The highest BCUT2D eigenvalue weighted by molar-refractivity contribution is 5.81. The largest absolute Gasteiger partial charge is 0.485 e. The summed E-state index contributed by atoms with van der Waals surface area (Å²) in [5.41, 5.74) is 6.36. The lowest BCUT2D eigenvalue weighted by atomic mass is 10.3. The first-order valence-electron chi connectivity index (χ1n) is 7.52. The van der Waals surface area contributed by atoms with E-state index in [-0.39, 0.29) is 28.8 Å². The maximum absolute atomic E-state index is 13.9. The van der Waals surface area contributed by atoms with Gasteiger partial charge in [0.05, 0.1) is 25.6 Å². The lowest BCUT2D eigenvalue weighted by molar-refractivity contribution is 0.144. The zero-order chi connectivity index (χ0) is 18.5. The highest BCUT2D eigenvalue weighted by atomic mass is 19.1. The topological polar surface area (TPSA) is 114 Å². The summed E-state index contributed by atoms with van der Waals surface area (Å²) in [6.07, 6.45) is 2.54. The van der Waals surface area contributed by atoms with Gasteiger partial charge in [-0.25, -0.2) is 19.3 Å². The first-order chi connectivity index (χ1) is 12.6. The van der Waals surface area contributed by atoms with Gasteiger partial charge >= 0.3 is 0 Å². The van der Waals surface area contributed by atoms with Crippen LogP contribution in [0, 0.1) is 5.82 Å². The molecule has 3 rings (SSSR count). The molecular weight excluding hydrogens is 345 g/mol. The van der Waals surface area contributed by atoms with E-state index in [0.29, 0.717) is 24.5 Å². The summed E-state index contributed by atoms with van der Waals surface area (Å²) in [7, 11) is 3.02. The minimum absolute atomic E-state index is 0.0212. The van der Waals surface area contributed by atoms with E-state index >= 15 is 0 Å². The van der Waals surface area contributed by atoms with Gasteiger partial charge in [-0.15, -0.1) is 0 Å². The molecule has 0 saturated carbocycles. The Morgan fingerprint density at radius 1 is 1.04 bits per heavy atom. The van der Waals surface area contributed by atoms with Gasteiger partial charge in [-0.05, 0) is 0 Å². The molecule has 2 N–H and O–H groups in total. The molecule has 0 aromatic carbocycles. The van der Waals surface area contributed by atoms with Crippen molar-refractivity contribution >= 4 is 16.7 Å². The molecule has 0 aliphatic rings. The minimum Gasteiger partial charge on any atom is -0.485 e. The number of halogens is 1. The van der Waals surface area contributed by atoms with Crippen LogP contribution in [0.2, 0.25) is 0 Å². The van der Waals surface area contributed by atoms with Crippen LogP contribution in [0.25, 0.3) is 11.0 Å². The maximum atomic E-state index is 13.9. The zero-order valence-electron chi connectivity index (χ0n) is 14.1. The van der Waals surface area contributed by atoms with E-state index in [1.807, 2.05) is 0 Å². The number of anilines is 1. The predicted octanol–water partition coefficient (Wildman–Crippen LogP) is 1.97. The number of hydrogen-bond donors (Lipinski definition) is 1. The van der Waals surface area contributed by atoms with Crippen LogP contribution in [0.3, 0.4) is 0 Å². The van der Waals surface area contributed by atoms with Crippen molar-refractivity contribution in [3.63, 3.8) is 0 Å². The van der Waals surface area contributed by atoms with Crippen molar-refractivity contribution in [2.45, 2.75) is 0 Å². The SMILES string of the molecule is COCCOc1cc2ncnc(Oc3ncc(N)cc3F)c2nc1OC. The Kier molecular flexibility index (Phi) is 5.23. The standard InChI is InChI=1S/C16H16FN5O4/c1-23-3-4-25-12-6-11-13(22-15(12)24-2)16(21-8-20-11)26-14-10(17)5-9(18)7-19-14/h5-8H,3-4,18H2,1-2H3. The summed E-state index contributed by atoms with van der Waals surface area (Å²) >= 11 is 0. The number of rotatable bonds is 7. The average Bonchev–Trinajstić information content (AvgIpc) is 2.64. The first-order valence-corrected chi connectivity index (χ1v) is 7.52. The van der Waals surface area contributed by atoms with Crippen LogP contribution in [0.1, 0.15) is 0 Å². The summed E-state index contributed by atoms with van der Waals surface area (Å²) in [5.74, 6) is -0.381. The minimum atomic E-state index is -0.719. The molecule has 0 aliphatic heterocycles. The molecule has 0 unspecified atom stereocenters. The molecule has 0 radical (unpaired) electrons. The van der Waals surface area contributed by atoms with E-state index in [0.717, 1.165) is 6.07 Å². The van der Waals surface area contributed by atoms with Gasteiger partial charge in [-0.1, -0.05) is 0 Å². The maximum Gasteiger partial charge on any atom is 0.257 e. The van der Waals surface area contributed by atoms with Crippen molar-refractivity contribution in [2.75, 3.05) is 33.2 Å². The Hall–Kier alpha value is -3.27. The second-order valence-electron chi connectivity index (χ2n) is 5.04. The van der Waals surface area contributed by atoms with Gasteiger partial charge in [0, 0.05) is 19.2 Å². The van der Waals surface area contributed by atoms with Gasteiger partial charge in [0.25, 0.3) is 17.6 Å². The normalized spacial score (nSPS) is 10.7. The van der Waals surface area contributed by atoms with Crippen LogP contribution in [-0.4, -0.2) is 47.4 Å². The molecule has 3 heterocycles. The van der Waals surface area contributed by atoms with Crippen molar-refractivity contribution in [3.8, 4) is 23.4 Å². The second kappa shape index (κ2) is 7.74. The van der Waals surface area contributed by atoms with E-state index in [9.17, 15) is 4.39 Å². The summed E-state index contributed by atoms with van der Waals surface area (Å²) in [4.78, 5) is 16.2. The van der Waals surface area contributed by atoms with Gasteiger partial charge in [0.2, 0.25) is 0 Å². The molecule has 136 valence electrons. The molecule has 0 atom stereocenters. The molecule has 26 heavy (non-hydrogen) atoms. The molecule has 10 heteroatoms. The predicted molar refractivity (Wildman–Crippen MR) is 89.9 cm³/mol. The highest BCUT2D eigenvalue weighted by Gasteiger charge is 2.16. The molecule has 9 nitrogen and oxygen atoms in total. The Balaban J connectivity index is 1.98. The van der Waals surface area contributed by atoms with Crippen molar-refractivity contribution in [2.24, 2.45) is 0 Å². The van der Waals surface area contributed by atoms with Gasteiger partial charge in [0.15, 0.2) is 17.1 Å². The van der Waals surface area contributed by atoms with Gasteiger partial charge < -0.3 is 24.7 Å². The molecule has 3 aromatic heterocycles. The number of nitrogens with two attached hydrogens (primary N) is 1. The second-order valence-corrected chi connectivity index (χ2v) is 5.04. The number of pyridine rings is 2. The zero-order valence-corrected chi connectivity index (χ0v) is 14.1. The molecule has 0 aliphatic carbocycles. The summed E-state index contributed by atoms with van der Waals surface area (Å²) in [5, 5.41) is 0. The van der Waals surface area contributed by atoms with Crippen molar-refractivity contribution in [1.82, 2.24) is 19.9 Å². The van der Waals surface area contributed by atoms with Gasteiger partial charge in [0.1, 0.15) is 18.5 Å². The third-order valence-electron chi connectivity index (χ3n) is 3.27. The van der Waals surface area contributed by atoms with Crippen LogP contribution < -0.4 is 19.9 Å². The van der Waals surface area contributed by atoms with Crippen LogP contribution in [0.4, 0.5) is 10.1 Å². The van der Waals surface area contributed by atoms with E-state index in [1.54, 1.807) is 13.2 Å². The fraction of sp³-hybridized carbons (Fsp3) is 0.250. The molecule has 0 amide bonds. The molecule has 0 bridgehead atoms. The molecule has 0 fully saturated rings. The smallest absolute Gasteiger partial charge is 0.257 e. The monoisotopic (exact) mass is 361 g/mol. The third-order valence-corrected chi connectivity index (χ3v) is 3.27. The van der Waals surface area contributed by atoms with Crippen molar-refractivity contribution in [1.29, 1.82) is 0 Å².